The molecule has 3 aliphatic carbocycles. The van der Waals surface area contributed by atoms with Gasteiger partial charge >= 0.3 is 12.1 Å². The first kappa shape index (κ1) is 25.5. The first-order chi connectivity index (χ1) is 17.4. The largest absolute Gasteiger partial charge is 0.477 e. The molecule has 1 aromatic heterocycles. The molecule has 4 atom stereocenters. The third-order valence-corrected chi connectivity index (χ3v) is 7.79. The molecular weight excluding hydrogens is 484 g/mol. The number of carboxylic acids is 1. The van der Waals surface area contributed by atoms with E-state index in [1.54, 1.807) is 37.6 Å². The Morgan fingerprint density at radius 3 is 2.54 bits per heavy atom. The second-order valence-electron chi connectivity index (χ2n) is 11.6. The Morgan fingerprint density at radius 2 is 1.92 bits per heavy atom. The van der Waals surface area contributed by atoms with E-state index in [9.17, 15) is 19.5 Å². The monoisotopic (exact) mass is 517 g/mol. The molecule has 0 bridgehead atoms. The number of fused-ring (bicyclic) bond motifs is 2. The molecule has 2 unspecified atom stereocenters. The summed E-state index contributed by atoms with van der Waals surface area (Å²) in [5, 5.41) is 9.48. The third-order valence-electron chi connectivity index (χ3n) is 7.79. The molecule has 8 nitrogen and oxygen atoms in total. The number of carbonyl (C=O) groups excluding carboxylic acids is 1. The molecule has 1 amide bonds. The number of aromatic carboxylic acids is 1. The summed E-state index contributed by atoms with van der Waals surface area (Å²) < 4.78 is 38.8. The lowest BCUT2D eigenvalue weighted by Crippen LogP contribution is -2.46. The number of likely N-dealkylation sites (N-methyl/N-ethyl adjacent to an activating group) is 1. The lowest BCUT2D eigenvalue weighted by atomic mass is 9.82. The highest BCUT2D eigenvalue weighted by molar-refractivity contribution is 5.88. The van der Waals surface area contributed by atoms with E-state index in [0.29, 0.717) is 13.1 Å². The number of ether oxygens (including phenoxy) is 1. The number of aromatic nitrogens is 1. The van der Waals surface area contributed by atoms with Gasteiger partial charge in [0, 0.05) is 50.3 Å². The summed E-state index contributed by atoms with van der Waals surface area (Å²) in [6.07, 6.45) is 4.80. The molecule has 10 heteroatoms. The first-order valence-corrected chi connectivity index (χ1v) is 12.8. The molecule has 0 radical (unpaired) electrons. The fourth-order valence-electron chi connectivity index (χ4n) is 5.92. The summed E-state index contributed by atoms with van der Waals surface area (Å²) in [4.78, 5) is 40.5. The lowest BCUT2D eigenvalue weighted by molar-refractivity contribution is 0.0193. The van der Waals surface area contributed by atoms with Crippen LogP contribution in [0.2, 0.25) is 0 Å². The minimum Gasteiger partial charge on any atom is -0.477 e. The number of allylic oxidation sites excluding steroid dienone is 2. The Labute approximate surface area is 214 Å². The second-order valence-corrected chi connectivity index (χ2v) is 11.6. The number of alkyl halides is 1. The molecule has 2 fully saturated rings. The number of hydrogen-bond acceptors (Lipinski definition) is 5. The van der Waals surface area contributed by atoms with E-state index in [1.807, 2.05) is 12.2 Å². The Morgan fingerprint density at radius 1 is 1.22 bits per heavy atom. The molecule has 37 heavy (non-hydrogen) atoms. The van der Waals surface area contributed by atoms with Crippen molar-refractivity contribution in [3.8, 4) is 0 Å². The fourth-order valence-corrected chi connectivity index (χ4v) is 5.92. The third kappa shape index (κ3) is 4.55. The minimum atomic E-state index is -1.77. The van der Waals surface area contributed by atoms with Gasteiger partial charge in [-0.05, 0) is 46.0 Å². The molecule has 1 saturated heterocycles. The molecule has 4 aliphatic rings. The fraction of sp³-hybridized carbons (Fsp3) is 0.593. The predicted octanol–water partition coefficient (Wildman–Crippen LogP) is 4.16. The van der Waals surface area contributed by atoms with Crippen LogP contribution in [0.1, 0.15) is 67.7 Å². The van der Waals surface area contributed by atoms with Gasteiger partial charge in [-0.25, -0.2) is 18.4 Å². The van der Waals surface area contributed by atoms with Crippen LogP contribution in [0, 0.1) is 11.8 Å². The average molecular weight is 518 g/mol. The summed E-state index contributed by atoms with van der Waals surface area (Å²) in [7, 11) is 1.68. The molecule has 1 aliphatic heterocycles. The van der Waals surface area contributed by atoms with Gasteiger partial charge in [0.05, 0.1) is 17.4 Å². The maximum Gasteiger partial charge on any atom is 0.410 e. The predicted molar refractivity (Wildman–Crippen MR) is 133 cm³/mol. The van der Waals surface area contributed by atoms with Crippen LogP contribution in [0.4, 0.5) is 13.6 Å². The van der Waals surface area contributed by atoms with Crippen molar-refractivity contribution in [3.05, 3.63) is 51.1 Å². The summed E-state index contributed by atoms with van der Waals surface area (Å²) in [5.41, 5.74) is -2.11. The van der Waals surface area contributed by atoms with Crippen LogP contribution in [0.3, 0.4) is 0 Å². The van der Waals surface area contributed by atoms with Crippen LogP contribution in [0.5, 0.6) is 0 Å². The van der Waals surface area contributed by atoms with Gasteiger partial charge in [0.2, 0.25) is 0 Å². The number of likely N-dealkylation sites (tertiary alicyclic amines) is 1. The second kappa shape index (κ2) is 8.99. The SMILES string of the molecule is CN(C(=O)OC(C)(C)C)C1C=CC[C@@H]2CN(C3=C(F)c4c(c(=O)c(C(=O)O)cn4C4CC4)CC3F)C[C@H]12. The molecular formula is C27H33F2N3O5. The van der Waals surface area contributed by atoms with Crippen molar-refractivity contribution in [2.75, 3.05) is 20.1 Å². The van der Waals surface area contributed by atoms with Crippen molar-refractivity contribution in [2.45, 2.75) is 70.3 Å². The lowest BCUT2D eigenvalue weighted by Gasteiger charge is -2.36. The van der Waals surface area contributed by atoms with Crippen LogP contribution in [0.25, 0.3) is 5.83 Å². The van der Waals surface area contributed by atoms with Crippen LogP contribution < -0.4 is 5.43 Å². The van der Waals surface area contributed by atoms with Gasteiger partial charge in [0.25, 0.3) is 0 Å². The molecule has 2 heterocycles. The molecule has 0 aromatic carbocycles. The van der Waals surface area contributed by atoms with E-state index in [2.05, 4.69) is 0 Å². The normalized spacial score (nSPS) is 27.1. The standard InChI is InChI=1S/C27H33F2N3O5/c1-27(2,3)37-26(36)30(4)20-7-5-6-14-11-31(12-17(14)20)23-19(28)10-16-22(21(23)29)32(15-8-9-15)13-18(24(16)33)25(34)35/h5,7,13-15,17,19-20H,6,8-12H2,1-4H3,(H,34,35)/t14-,17+,19?,20?/m1/s1. The van der Waals surface area contributed by atoms with Gasteiger partial charge in [-0.3, -0.25) is 4.79 Å². The van der Waals surface area contributed by atoms with Crippen LogP contribution in [-0.4, -0.2) is 69.5 Å². The number of nitrogens with zero attached hydrogens (tertiary/aromatic N) is 3. The maximum atomic E-state index is 16.1. The zero-order chi connectivity index (χ0) is 26.8. The van der Waals surface area contributed by atoms with E-state index in [1.165, 1.54) is 10.8 Å². The molecule has 0 spiro atoms. The molecule has 1 N–H and O–H groups in total. The summed E-state index contributed by atoms with van der Waals surface area (Å²) in [6, 6.07) is -0.383. The molecule has 1 saturated carbocycles. The molecule has 200 valence electrons. The average Bonchev–Trinajstić information content (AvgIpc) is 3.56. The number of amides is 1. The number of carbonyl (C=O) groups is 2. The number of carboxylic acid groups (broad SMARTS) is 1. The summed E-state index contributed by atoms with van der Waals surface area (Å²) in [5.74, 6) is -2.15. The quantitative estimate of drug-likeness (QED) is 0.604. The highest BCUT2D eigenvalue weighted by Crippen LogP contribution is 2.45. The first-order valence-electron chi connectivity index (χ1n) is 12.8. The van der Waals surface area contributed by atoms with Crippen LogP contribution in [-0.2, 0) is 11.2 Å². The topological polar surface area (TPSA) is 92.1 Å². The highest BCUT2D eigenvalue weighted by atomic mass is 19.1. The Balaban J connectivity index is 1.48. The van der Waals surface area contributed by atoms with E-state index in [-0.39, 0.29) is 47.3 Å². The smallest absolute Gasteiger partial charge is 0.410 e. The van der Waals surface area contributed by atoms with E-state index in [0.717, 1.165) is 19.3 Å². The number of rotatable bonds is 4. The Bertz CT molecular complexity index is 1260. The van der Waals surface area contributed by atoms with Crippen molar-refractivity contribution in [1.29, 1.82) is 0 Å². The van der Waals surface area contributed by atoms with Gasteiger partial charge in [-0.1, -0.05) is 12.2 Å². The van der Waals surface area contributed by atoms with E-state index < -0.39 is 40.7 Å². The number of pyridine rings is 1. The highest BCUT2D eigenvalue weighted by Gasteiger charge is 2.46. The van der Waals surface area contributed by atoms with E-state index >= 15 is 8.78 Å². The Hall–Kier alpha value is -3.17. The summed E-state index contributed by atoms with van der Waals surface area (Å²) in [6.45, 7) is 6.18. The van der Waals surface area contributed by atoms with Crippen molar-refractivity contribution in [3.63, 3.8) is 0 Å². The van der Waals surface area contributed by atoms with Crippen LogP contribution in [0.15, 0.2) is 28.8 Å². The van der Waals surface area contributed by atoms with Crippen molar-refractivity contribution in [2.24, 2.45) is 11.8 Å². The minimum absolute atomic E-state index is 0.0109. The van der Waals surface area contributed by atoms with Crippen LogP contribution >= 0.6 is 0 Å². The van der Waals surface area contributed by atoms with E-state index in [4.69, 9.17) is 4.74 Å². The van der Waals surface area contributed by atoms with Gasteiger partial charge in [0.1, 0.15) is 17.3 Å². The maximum absolute atomic E-state index is 16.1. The molecule has 5 rings (SSSR count). The van der Waals surface area contributed by atoms with Gasteiger partial charge in [-0.2, -0.15) is 0 Å². The molecule has 1 aromatic rings. The number of hydrogen-bond donors (Lipinski definition) is 1. The summed E-state index contributed by atoms with van der Waals surface area (Å²) >= 11 is 0. The number of halogens is 2. The Kier molecular flexibility index (Phi) is 6.19. The van der Waals surface area contributed by atoms with Crippen molar-refractivity contribution in [1.82, 2.24) is 14.4 Å². The van der Waals surface area contributed by atoms with Gasteiger partial charge < -0.3 is 24.2 Å². The van der Waals surface area contributed by atoms with Gasteiger partial charge in [0.15, 0.2) is 11.3 Å². The van der Waals surface area contributed by atoms with Crippen molar-refractivity contribution >= 4 is 17.9 Å². The zero-order valence-corrected chi connectivity index (χ0v) is 21.5. The van der Waals surface area contributed by atoms with Crippen molar-refractivity contribution < 1.29 is 28.2 Å². The zero-order valence-electron chi connectivity index (χ0n) is 21.5. The van der Waals surface area contributed by atoms with Gasteiger partial charge in [-0.15, -0.1) is 0 Å².